The molecule has 5 rings (SSSR count). The van der Waals surface area contributed by atoms with E-state index in [0.717, 1.165) is 16.3 Å². The van der Waals surface area contributed by atoms with E-state index in [9.17, 15) is 18.4 Å². The fourth-order valence-electron chi connectivity index (χ4n) is 4.40. The lowest BCUT2D eigenvalue weighted by Gasteiger charge is -2.11. The largest absolute Gasteiger partial charge is 0.462 e. The molecular formula is C28H23F2NO4. The summed E-state index contributed by atoms with van der Waals surface area (Å²) >= 11 is 0. The van der Waals surface area contributed by atoms with Crippen LogP contribution in [0.3, 0.4) is 0 Å². The third-order valence-electron chi connectivity index (χ3n) is 6.41. The van der Waals surface area contributed by atoms with Crippen molar-refractivity contribution in [3.63, 3.8) is 0 Å². The Morgan fingerprint density at radius 1 is 0.800 bits per heavy atom. The first-order valence-corrected chi connectivity index (χ1v) is 11.3. The molecule has 0 radical (unpaired) electrons. The van der Waals surface area contributed by atoms with Gasteiger partial charge in [-0.3, -0.25) is 0 Å². The Morgan fingerprint density at radius 3 is 2.06 bits per heavy atom. The van der Waals surface area contributed by atoms with Gasteiger partial charge in [-0.25, -0.2) is 18.4 Å². The average molecular weight is 475 g/mol. The van der Waals surface area contributed by atoms with Crippen molar-refractivity contribution in [3.8, 4) is 0 Å². The maximum absolute atomic E-state index is 14.3. The SMILES string of the molecule is O=C(NCC1C(COC(=O)c2c3ccccc3cc3ccccc23)C1(F)F)OCc1ccccc1. The van der Waals surface area contributed by atoms with Crippen LogP contribution in [0, 0.1) is 11.8 Å². The molecule has 2 atom stereocenters. The number of ether oxygens (including phenoxy) is 2. The van der Waals surface area contributed by atoms with Crippen molar-refractivity contribution in [1.29, 1.82) is 0 Å². The van der Waals surface area contributed by atoms with Gasteiger partial charge in [0.2, 0.25) is 0 Å². The molecule has 35 heavy (non-hydrogen) atoms. The Bertz CT molecular complexity index is 1340. The first-order chi connectivity index (χ1) is 16.9. The minimum atomic E-state index is -3.03. The van der Waals surface area contributed by atoms with Crippen molar-refractivity contribution in [2.24, 2.45) is 11.8 Å². The van der Waals surface area contributed by atoms with E-state index in [-0.39, 0.29) is 13.2 Å². The highest BCUT2D eigenvalue weighted by atomic mass is 19.3. The minimum Gasteiger partial charge on any atom is -0.462 e. The summed E-state index contributed by atoms with van der Waals surface area (Å²) in [6.07, 6.45) is -0.769. The maximum atomic E-state index is 14.3. The summed E-state index contributed by atoms with van der Waals surface area (Å²) in [7, 11) is 0. The zero-order chi connectivity index (χ0) is 24.4. The van der Waals surface area contributed by atoms with Crippen LogP contribution in [0.4, 0.5) is 13.6 Å². The van der Waals surface area contributed by atoms with Gasteiger partial charge in [0, 0.05) is 6.54 Å². The maximum Gasteiger partial charge on any atom is 0.407 e. The molecule has 178 valence electrons. The average Bonchev–Trinajstić information content (AvgIpc) is 3.41. The third kappa shape index (κ3) is 4.67. The monoisotopic (exact) mass is 475 g/mol. The number of esters is 1. The number of rotatable bonds is 7. The lowest BCUT2D eigenvalue weighted by molar-refractivity contribution is 0.0365. The number of hydrogen-bond acceptors (Lipinski definition) is 4. The number of alkyl carbamates (subject to hydrolysis) is 1. The molecule has 0 saturated heterocycles. The molecule has 0 bridgehead atoms. The van der Waals surface area contributed by atoms with Gasteiger partial charge in [0.1, 0.15) is 13.2 Å². The van der Waals surface area contributed by atoms with Crippen LogP contribution in [-0.2, 0) is 16.1 Å². The van der Waals surface area contributed by atoms with E-state index in [1.807, 2.05) is 72.8 Å². The Labute approximate surface area is 200 Å². The van der Waals surface area contributed by atoms with Crippen LogP contribution >= 0.6 is 0 Å². The second kappa shape index (κ2) is 9.33. The number of carbonyl (C=O) groups excluding carboxylic acids is 2. The summed E-state index contributed by atoms with van der Waals surface area (Å²) in [4.78, 5) is 25.0. The molecule has 0 aliphatic heterocycles. The molecule has 1 fully saturated rings. The predicted octanol–water partition coefficient (Wildman–Crippen LogP) is 5.96. The van der Waals surface area contributed by atoms with Crippen LogP contribution in [-0.4, -0.2) is 31.1 Å². The first kappa shape index (κ1) is 22.8. The minimum absolute atomic E-state index is 0.0494. The summed E-state index contributed by atoms with van der Waals surface area (Å²) in [5.41, 5.74) is 1.16. The van der Waals surface area contributed by atoms with Crippen LogP contribution in [0.25, 0.3) is 21.5 Å². The highest BCUT2D eigenvalue weighted by Crippen LogP contribution is 2.55. The van der Waals surface area contributed by atoms with E-state index in [2.05, 4.69) is 5.32 Å². The van der Waals surface area contributed by atoms with Crippen molar-refractivity contribution >= 4 is 33.6 Å². The normalized spacial score (nSPS) is 18.2. The Hall–Kier alpha value is -4.00. The van der Waals surface area contributed by atoms with Gasteiger partial charge in [0.15, 0.2) is 0 Å². The van der Waals surface area contributed by atoms with Crippen LogP contribution < -0.4 is 5.32 Å². The number of fused-ring (bicyclic) bond motifs is 2. The molecule has 4 aromatic carbocycles. The lowest BCUT2D eigenvalue weighted by Crippen LogP contribution is -2.27. The Morgan fingerprint density at radius 2 is 1.40 bits per heavy atom. The molecule has 5 nitrogen and oxygen atoms in total. The van der Waals surface area contributed by atoms with E-state index in [4.69, 9.17) is 9.47 Å². The van der Waals surface area contributed by atoms with Gasteiger partial charge in [0.05, 0.1) is 17.4 Å². The molecule has 1 amide bonds. The topological polar surface area (TPSA) is 64.6 Å². The molecule has 0 spiro atoms. The van der Waals surface area contributed by atoms with E-state index < -0.39 is 36.4 Å². The van der Waals surface area contributed by atoms with Crippen molar-refractivity contribution in [3.05, 3.63) is 96.1 Å². The van der Waals surface area contributed by atoms with Crippen molar-refractivity contribution < 1.29 is 27.8 Å². The summed E-state index contributed by atoms with van der Waals surface area (Å²) in [6.45, 7) is -0.650. The molecule has 0 aromatic heterocycles. The summed E-state index contributed by atoms with van der Waals surface area (Å²) in [5.74, 6) is -5.96. The van der Waals surface area contributed by atoms with E-state index in [0.29, 0.717) is 16.3 Å². The Kier molecular flexibility index (Phi) is 6.07. The number of alkyl halides is 2. The number of halogens is 2. The quantitative estimate of drug-likeness (QED) is 0.265. The van der Waals surface area contributed by atoms with Gasteiger partial charge in [-0.2, -0.15) is 0 Å². The van der Waals surface area contributed by atoms with Crippen LogP contribution in [0.1, 0.15) is 15.9 Å². The van der Waals surface area contributed by atoms with Gasteiger partial charge in [-0.15, -0.1) is 0 Å². The van der Waals surface area contributed by atoms with E-state index >= 15 is 0 Å². The summed E-state index contributed by atoms with van der Waals surface area (Å²) in [6, 6.07) is 25.9. The van der Waals surface area contributed by atoms with E-state index in [1.54, 1.807) is 12.1 Å². The Balaban J connectivity index is 1.21. The van der Waals surface area contributed by atoms with Crippen molar-refractivity contribution in [1.82, 2.24) is 5.32 Å². The van der Waals surface area contributed by atoms with E-state index in [1.165, 1.54) is 0 Å². The van der Waals surface area contributed by atoms with Gasteiger partial charge < -0.3 is 14.8 Å². The molecule has 2 unspecified atom stereocenters. The molecule has 1 aliphatic rings. The standard InChI is InChI=1S/C28H23F2NO4/c29-28(30)23(15-31-27(33)35-16-18-8-2-1-3-9-18)24(28)17-34-26(32)25-21-12-6-4-10-19(21)14-20-11-5-7-13-22(20)25/h1-14,23-24H,15-17H2,(H,31,33). The number of hydrogen-bond donors (Lipinski definition) is 1. The molecule has 4 aromatic rings. The zero-order valence-electron chi connectivity index (χ0n) is 18.7. The summed E-state index contributed by atoms with van der Waals surface area (Å²) < 4.78 is 39.1. The fraction of sp³-hybridized carbons (Fsp3) is 0.214. The molecule has 7 heteroatoms. The first-order valence-electron chi connectivity index (χ1n) is 11.3. The second-order valence-corrected chi connectivity index (χ2v) is 8.62. The molecular weight excluding hydrogens is 452 g/mol. The van der Waals surface area contributed by atoms with Crippen LogP contribution in [0.2, 0.25) is 0 Å². The molecule has 1 saturated carbocycles. The predicted molar refractivity (Wildman–Crippen MR) is 128 cm³/mol. The second-order valence-electron chi connectivity index (χ2n) is 8.62. The number of carbonyl (C=O) groups is 2. The third-order valence-corrected chi connectivity index (χ3v) is 6.41. The van der Waals surface area contributed by atoms with Crippen LogP contribution in [0.15, 0.2) is 84.9 Å². The molecule has 1 N–H and O–H groups in total. The van der Waals surface area contributed by atoms with Gasteiger partial charge >= 0.3 is 12.1 Å². The van der Waals surface area contributed by atoms with Gasteiger partial charge in [0.25, 0.3) is 5.92 Å². The molecule has 1 aliphatic carbocycles. The highest BCUT2D eigenvalue weighted by Gasteiger charge is 2.68. The van der Waals surface area contributed by atoms with Crippen LogP contribution in [0.5, 0.6) is 0 Å². The molecule has 0 heterocycles. The number of amides is 1. The fourth-order valence-corrected chi connectivity index (χ4v) is 4.40. The lowest BCUT2D eigenvalue weighted by atomic mass is 9.97. The highest BCUT2D eigenvalue weighted by molar-refractivity contribution is 6.16. The van der Waals surface area contributed by atoms with Crippen molar-refractivity contribution in [2.75, 3.05) is 13.2 Å². The summed E-state index contributed by atoms with van der Waals surface area (Å²) in [5, 5.41) is 5.53. The smallest absolute Gasteiger partial charge is 0.407 e. The van der Waals surface area contributed by atoms with Gasteiger partial charge in [-0.1, -0.05) is 78.9 Å². The van der Waals surface area contributed by atoms with Crippen molar-refractivity contribution in [2.45, 2.75) is 12.5 Å². The number of benzene rings is 4. The zero-order valence-corrected chi connectivity index (χ0v) is 18.7. The van der Waals surface area contributed by atoms with Gasteiger partial charge in [-0.05, 0) is 33.2 Å². The number of nitrogens with one attached hydrogen (secondary N) is 1.